The van der Waals surface area contributed by atoms with E-state index < -0.39 is 23.2 Å². The summed E-state index contributed by atoms with van der Waals surface area (Å²) in [5.74, 6) is 0. The van der Waals surface area contributed by atoms with Gasteiger partial charge in [0.15, 0.2) is 0 Å². The van der Waals surface area contributed by atoms with Crippen LogP contribution in [0, 0.1) is 17.0 Å². The minimum atomic E-state index is -0.552. The Morgan fingerprint density at radius 2 is 1.70 bits per heavy atom. The minimum Gasteiger partial charge on any atom is -0.399 e. The molecule has 1 aliphatic heterocycles. The maximum Gasteiger partial charge on any atom is 0.494 e. The van der Waals surface area contributed by atoms with Crippen LogP contribution in [0.25, 0.3) is 16.6 Å². The summed E-state index contributed by atoms with van der Waals surface area (Å²) in [4.78, 5) is 24.0. The first-order chi connectivity index (χ1) is 13.9. The molecular formula is C21H24BN3O5. The van der Waals surface area contributed by atoms with Gasteiger partial charge < -0.3 is 9.31 Å². The van der Waals surface area contributed by atoms with Gasteiger partial charge in [0.05, 0.1) is 32.7 Å². The fourth-order valence-electron chi connectivity index (χ4n) is 3.75. The molecule has 4 rings (SSSR count). The van der Waals surface area contributed by atoms with E-state index in [0.717, 1.165) is 5.46 Å². The van der Waals surface area contributed by atoms with E-state index in [1.807, 2.05) is 52.0 Å². The standard InChI is InChI=1S/C21H24BN3O5/c1-13-10-18-16(12-17(13)25(27)28)19(26)24(23(18)6)15-9-7-8-14(11-15)22-29-20(2,3)21(4,5)30-22/h7-12H,1-6H3. The zero-order valence-electron chi connectivity index (χ0n) is 17.9. The van der Waals surface area contributed by atoms with E-state index in [-0.39, 0.29) is 11.2 Å². The molecule has 1 saturated heterocycles. The van der Waals surface area contributed by atoms with Gasteiger partial charge in [0.2, 0.25) is 0 Å². The van der Waals surface area contributed by atoms with E-state index in [1.54, 1.807) is 24.7 Å². The van der Waals surface area contributed by atoms with Crippen LogP contribution in [0.15, 0.2) is 41.2 Å². The summed E-state index contributed by atoms with van der Waals surface area (Å²) in [6, 6.07) is 10.4. The van der Waals surface area contributed by atoms with E-state index in [1.165, 1.54) is 10.7 Å². The second-order valence-corrected chi connectivity index (χ2v) is 8.74. The van der Waals surface area contributed by atoms with E-state index in [9.17, 15) is 14.9 Å². The van der Waals surface area contributed by atoms with E-state index in [4.69, 9.17) is 9.31 Å². The number of aryl methyl sites for hydroxylation is 2. The van der Waals surface area contributed by atoms with Crippen LogP contribution in [-0.2, 0) is 16.4 Å². The highest BCUT2D eigenvalue weighted by molar-refractivity contribution is 6.62. The van der Waals surface area contributed by atoms with Gasteiger partial charge in [0, 0.05) is 18.7 Å². The SMILES string of the molecule is Cc1cc2c(cc1[N+](=O)[O-])c(=O)n(-c1cccc(B3OC(C)(C)C(C)(C)O3)c1)n2C. The summed E-state index contributed by atoms with van der Waals surface area (Å²) in [5.41, 5.74) is 1.23. The molecule has 30 heavy (non-hydrogen) atoms. The summed E-state index contributed by atoms with van der Waals surface area (Å²) in [6.07, 6.45) is 0. The van der Waals surface area contributed by atoms with Crippen LogP contribution in [0.5, 0.6) is 0 Å². The van der Waals surface area contributed by atoms with Crippen LogP contribution in [0.2, 0.25) is 0 Å². The zero-order valence-corrected chi connectivity index (χ0v) is 17.9. The summed E-state index contributed by atoms with van der Waals surface area (Å²) in [6.45, 7) is 9.61. The third-order valence-electron chi connectivity index (χ3n) is 6.22. The monoisotopic (exact) mass is 409 g/mol. The van der Waals surface area contributed by atoms with Gasteiger partial charge in [0.25, 0.3) is 11.2 Å². The molecule has 3 aromatic rings. The number of hydrogen-bond acceptors (Lipinski definition) is 5. The van der Waals surface area contributed by atoms with E-state index >= 15 is 0 Å². The molecule has 1 fully saturated rings. The molecule has 0 bridgehead atoms. The van der Waals surface area contributed by atoms with Crippen molar-refractivity contribution in [1.82, 2.24) is 9.36 Å². The molecule has 0 spiro atoms. The van der Waals surface area contributed by atoms with Gasteiger partial charge in [0.1, 0.15) is 0 Å². The Morgan fingerprint density at radius 3 is 2.30 bits per heavy atom. The Bertz CT molecular complexity index is 1230. The van der Waals surface area contributed by atoms with Crippen molar-refractivity contribution in [3.8, 4) is 5.69 Å². The van der Waals surface area contributed by atoms with Crippen LogP contribution in [0.3, 0.4) is 0 Å². The molecule has 0 aliphatic carbocycles. The first-order valence-electron chi connectivity index (χ1n) is 9.76. The van der Waals surface area contributed by atoms with Crippen molar-refractivity contribution < 1.29 is 14.2 Å². The number of hydrogen-bond donors (Lipinski definition) is 0. The highest BCUT2D eigenvalue weighted by atomic mass is 16.7. The summed E-state index contributed by atoms with van der Waals surface area (Å²) in [7, 11) is 1.21. The van der Waals surface area contributed by atoms with Crippen LogP contribution >= 0.6 is 0 Å². The van der Waals surface area contributed by atoms with Crippen LogP contribution in [0.4, 0.5) is 5.69 Å². The van der Waals surface area contributed by atoms with Crippen molar-refractivity contribution in [2.24, 2.45) is 7.05 Å². The molecule has 2 aromatic carbocycles. The van der Waals surface area contributed by atoms with Crippen molar-refractivity contribution in [3.05, 3.63) is 62.4 Å². The second-order valence-electron chi connectivity index (χ2n) is 8.74. The first kappa shape index (κ1) is 20.4. The van der Waals surface area contributed by atoms with Crippen LogP contribution in [0.1, 0.15) is 33.3 Å². The molecule has 1 aliphatic rings. The van der Waals surface area contributed by atoms with Crippen molar-refractivity contribution in [2.45, 2.75) is 45.8 Å². The van der Waals surface area contributed by atoms with Gasteiger partial charge in [-0.15, -0.1) is 0 Å². The molecule has 1 aromatic heterocycles. The van der Waals surface area contributed by atoms with Crippen molar-refractivity contribution >= 4 is 29.2 Å². The Hall–Kier alpha value is -2.91. The molecule has 0 unspecified atom stereocenters. The van der Waals surface area contributed by atoms with Gasteiger partial charge in [-0.25, -0.2) is 4.68 Å². The van der Waals surface area contributed by atoms with E-state index in [0.29, 0.717) is 22.2 Å². The van der Waals surface area contributed by atoms with Gasteiger partial charge in [-0.1, -0.05) is 12.1 Å². The second kappa shape index (κ2) is 6.55. The number of nitrogens with zero attached hydrogens (tertiary/aromatic N) is 3. The predicted octanol–water partition coefficient (Wildman–Crippen LogP) is 2.85. The molecule has 2 heterocycles. The molecule has 0 amide bonds. The highest BCUT2D eigenvalue weighted by Gasteiger charge is 2.51. The lowest BCUT2D eigenvalue weighted by atomic mass is 9.79. The lowest BCUT2D eigenvalue weighted by Gasteiger charge is -2.32. The third-order valence-corrected chi connectivity index (χ3v) is 6.22. The molecule has 156 valence electrons. The molecule has 0 radical (unpaired) electrons. The highest BCUT2D eigenvalue weighted by Crippen LogP contribution is 2.36. The summed E-state index contributed by atoms with van der Waals surface area (Å²) >= 11 is 0. The van der Waals surface area contributed by atoms with Gasteiger partial charge >= 0.3 is 7.12 Å². The van der Waals surface area contributed by atoms with Crippen LogP contribution in [-0.4, -0.2) is 32.6 Å². The largest absolute Gasteiger partial charge is 0.494 e. The molecule has 8 nitrogen and oxygen atoms in total. The third kappa shape index (κ3) is 2.97. The van der Waals surface area contributed by atoms with Gasteiger partial charge in [-0.3, -0.25) is 19.6 Å². The average molecular weight is 409 g/mol. The Labute approximate surface area is 174 Å². The number of fused-ring (bicyclic) bond motifs is 1. The maximum atomic E-state index is 13.1. The predicted molar refractivity (Wildman–Crippen MR) is 116 cm³/mol. The fraction of sp³-hybridized carbons (Fsp3) is 0.381. The summed E-state index contributed by atoms with van der Waals surface area (Å²) < 4.78 is 15.5. The number of rotatable bonds is 3. The Balaban J connectivity index is 1.84. The molecule has 0 N–H and O–H groups in total. The summed E-state index contributed by atoms with van der Waals surface area (Å²) in [5, 5.41) is 11.6. The van der Waals surface area contributed by atoms with E-state index in [2.05, 4.69) is 0 Å². The molecular weight excluding hydrogens is 385 g/mol. The lowest BCUT2D eigenvalue weighted by molar-refractivity contribution is -0.385. The molecule has 0 atom stereocenters. The first-order valence-corrected chi connectivity index (χ1v) is 9.76. The molecule has 0 saturated carbocycles. The quantitative estimate of drug-likeness (QED) is 0.377. The Kier molecular flexibility index (Phi) is 4.45. The molecule has 9 heteroatoms. The topological polar surface area (TPSA) is 88.5 Å². The smallest absolute Gasteiger partial charge is 0.399 e. The van der Waals surface area contributed by atoms with Crippen molar-refractivity contribution in [2.75, 3.05) is 0 Å². The maximum absolute atomic E-state index is 13.1. The fourth-order valence-corrected chi connectivity index (χ4v) is 3.75. The van der Waals surface area contributed by atoms with Crippen LogP contribution < -0.4 is 11.0 Å². The zero-order chi connectivity index (χ0) is 22.0. The number of nitro groups is 1. The Morgan fingerprint density at radius 1 is 1.07 bits per heavy atom. The number of nitro benzene ring substituents is 1. The minimum absolute atomic E-state index is 0.0664. The number of aromatic nitrogens is 2. The normalized spacial score (nSPS) is 17.6. The van der Waals surface area contributed by atoms with Gasteiger partial charge in [-0.2, -0.15) is 0 Å². The number of benzene rings is 2. The van der Waals surface area contributed by atoms with Crippen molar-refractivity contribution in [1.29, 1.82) is 0 Å². The lowest BCUT2D eigenvalue weighted by Crippen LogP contribution is -2.41. The van der Waals surface area contributed by atoms with Gasteiger partial charge in [-0.05, 0) is 58.3 Å². The van der Waals surface area contributed by atoms with Crippen molar-refractivity contribution in [3.63, 3.8) is 0 Å². The average Bonchev–Trinajstić information content (AvgIpc) is 3.03.